The lowest BCUT2D eigenvalue weighted by molar-refractivity contribution is -0.161. The monoisotopic (exact) mass is 260 g/mol. The van der Waals surface area contributed by atoms with Gasteiger partial charge in [-0.15, -0.1) is 0 Å². The maximum atomic E-state index is 11.6. The zero-order valence-electron chi connectivity index (χ0n) is 11.2. The van der Waals surface area contributed by atoms with Crippen molar-refractivity contribution in [2.45, 2.75) is 45.6 Å². The van der Waals surface area contributed by atoms with Gasteiger partial charge < -0.3 is 14.6 Å². The van der Waals surface area contributed by atoms with Crippen LogP contribution in [0.4, 0.5) is 0 Å². The Morgan fingerprint density at radius 2 is 1.78 bits per heavy atom. The zero-order chi connectivity index (χ0) is 14.3. The average Bonchev–Trinajstić information content (AvgIpc) is 2.20. The number of esters is 2. The molecule has 0 saturated heterocycles. The molecule has 18 heavy (non-hydrogen) atoms. The van der Waals surface area contributed by atoms with E-state index >= 15 is 0 Å². The standard InChI is InChI=1S/C12H20O6/c1-12(2,3)18-10(15)7-8(11(16)17-4)5-6-9(13)14/h8H,5-7H2,1-4H3,(H,13,14)/t8-/m0/s1. The highest BCUT2D eigenvalue weighted by molar-refractivity contribution is 5.80. The van der Waals surface area contributed by atoms with E-state index in [0.29, 0.717) is 0 Å². The van der Waals surface area contributed by atoms with Gasteiger partial charge in [0.05, 0.1) is 19.4 Å². The summed E-state index contributed by atoms with van der Waals surface area (Å²) in [5.74, 6) is -2.93. The highest BCUT2D eigenvalue weighted by Crippen LogP contribution is 2.17. The van der Waals surface area contributed by atoms with E-state index in [1.165, 1.54) is 7.11 Å². The maximum Gasteiger partial charge on any atom is 0.309 e. The SMILES string of the molecule is COC(=O)[C@@H](CCC(=O)O)CC(=O)OC(C)(C)C. The molecule has 104 valence electrons. The fourth-order valence-electron chi connectivity index (χ4n) is 1.35. The average molecular weight is 260 g/mol. The molecule has 0 spiro atoms. The minimum Gasteiger partial charge on any atom is -0.481 e. The molecule has 0 aromatic carbocycles. The Kier molecular flexibility index (Phi) is 6.36. The van der Waals surface area contributed by atoms with Crippen LogP contribution in [0.15, 0.2) is 0 Å². The van der Waals surface area contributed by atoms with Gasteiger partial charge >= 0.3 is 17.9 Å². The Labute approximate surface area is 106 Å². The molecule has 0 aliphatic rings. The molecule has 0 aromatic heterocycles. The highest BCUT2D eigenvalue weighted by atomic mass is 16.6. The van der Waals surface area contributed by atoms with Gasteiger partial charge in [0.15, 0.2) is 0 Å². The molecule has 1 atom stereocenters. The molecule has 0 rings (SSSR count). The number of hydrogen-bond donors (Lipinski definition) is 1. The topological polar surface area (TPSA) is 89.9 Å². The molecule has 0 saturated carbocycles. The molecule has 0 heterocycles. The van der Waals surface area contributed by atoms with E-state index in [1.807, 2.05) is 0 Å². The maximum absolute atomic E-state index is 11.6. The number of ether oxygens (including phenoxy) is 2. The molecule has 0 aliphatic carbocycles. The Bertz CT molecular complexity index is 315. The van der Waals surface area contributed by atoms with E-state index in [4.69, 9.17) is 9.84 Å². The van der Waals surface area contributed by atoms with Gasteiger partial charge in [0.2, 0.25) is 0 Å². The van der Waals surface area contributed by atoms with E-state index in [0.717, 1.165) is 0 Å². The van der Waals surface area contributed by atoms with E-state index in [2.05, 4.69) is 4.74 Å². The van der Waals surface area contributed by atoms with Crippen LogP contribution in [-0.4, -0.2) is 35.7 Å². The summed E-state index contributed by atoms with van der Waals surface area (Å²) >= 11 is 0. The van der Waals surface area contributed by atoms with Gasteiger partial charge in [-0.25, -0.2) is 0 Å². The molecule has 0 amide bonds. The number of aliphatic carboxylic acids is 1. The van der Waals surface area contributed by atoms with Crippen LogP contribution in [-0.2, 0) is 23.9 Å². The lowest BCUT2D eigenvalue weighted by Crippen LogP contribution is -2.28. The summed E-state index contributed by atoms with van der Waals surface area (Å²) in [6, 6.07) is 0. The number of carboxylic acids is 1. The molecule has 6 nitrogen and oxygen atoms in total. The van der Waals surface area contributed by atoms with Crippen LogP contribution in [0.3, 0.4) is 0 Å². The Morgan fingerprint density at radius 1 is 1.22 bits per heavy atom. The van der Waals surface area contributed by atoms with Crippen molar-refractivity contribution in [1.29, 1.82) is 0 Å². The molecule has 0 aromatic rings. The molecular formula is C12H20O6. The Hall–Kier alpha value is -1.59. The lowest BCUT2D eigenvalue weighted by Gasteiger charge is -2.21. The Morgan fingerprint density at radius 3 is 2.17 bits per heavy atom. The van der Waals surface area contributed by atoms with Gasteiger partial charge in [-0.3, -0.25) is 14.4 Å². The van der Waals surface area contributed by atoms with Crippen molar-refractivity contribution >= 4 is 17.9 Å². The summed E-state index contributed by atoms with van der Waals surface area (Å²) < 4.78 is 9.61. The number of carbonyl (C=O) groups excluding carboxylic acids is 2. The summed E-state index contributed by atoms with van der Waals surface area (Å²) in [4.78, 5) is 33.4. The number of hydrogen-bond acceptors (Lipinski definition) is 5. The first kappa shape index (κ1) is 16.4. The summed E-state index contributed by atoms with van der Waals surface area (Å²) in [7, 11) is 1.20. The van der Waals surface area contributed by atoms with Crippen LogP contribution in [0.1, 0.15) is 40.0 Å². The summed E-state index contributed by atoms with van der Waals surface area (Å²) in [6.45, 7) is 5.15. The van der Waals surface area contributed by atoms with Crippen LogP contribution in [0.2, 0.25) is 0 Å². The summed E-state index contributed by atoms with van der Waals surface area (Å²) in [6.07, 6.45) is -0.305. The van der Waals surface area contributed by atoms with Gasteiger partial charge in [-0.1, -0.05) is 0 Å². The number of rotatable bonds is 6. The quantitative estimate of drug-likeness (QED) is 0.725. The summed E-state index contributed by atoms with van der Waals surface area (Å²) in [5, 5.41) is 8.57. The third-order valence-corrected chi connectivity index (χ3v) is 2.07. The normalized spacial score (nSPS) is 12.7. The molecule has 0 aliphatic heterocycles. The first-order chi connectivity index (χ1) is 8.15. The van der Waals surface area contributed by atoms with Gasteiger partial charge in [0.25, 0.3) is 0 Å². The fourth-order valence-corrected chi connectivity index (χ4v) is 1.35. The van der Waals surface area contributed by atoms with Crippen molar-refractivity contribution in [3.63, 3.8) is 0 Å². The van der Waals surface area contributed by atoms with Crippen LogP contribution in [0, 0.1) is 5.92 Å². The lowest BCUT2D eigenvalue weighted by atomic mass is 9.99. The van der Waals surface area contributed by atoms with Crippen molar-refractivity contribution in [3.05, 3.63) is 0 Å². The number of carboxylic acid groups (broad SMARTS) is 1. The van der Waals surface area contributed by atoms with Crippen LogP contribution < -0.4 is 0 Å². The molecular weight excluding hydrogens is 240 g/mol. The van der Waals surface area contributed by atoms with Gasteiger partial charge in [0, 0.05) is 6.42 Å². The van der Waals surface area contributed by atoms with Crippen molar-refractivity contribution < 1.29 is 29.0 Å². The second kappa shape index (κ2) is 6.98. The fraction of sp³-hybridized carbons (Fsp3) is 0.750. The van der Waals surface area contributed by atoms with Crippen molar-refractivity contribution in [2.24, 2.45) is 5.92 Å². The Balaban J connectivity index is 4.45. The minimum atomic E-state index is -1.02. The van der Waals surface area contributed by atoms with Gasteiger partial charge in [0.1, 0.15) is 5.60 Å². The van der Waals surface area contributed by atoms with Crippen molar-refractivity contribution in [3.8, 4) is 0 Å². The van der Waals surface area contributed by atoms with E-state index in [9.17, 15) is 14.4 Å². The van der Waals surface area contributed by atoms with Gasteiger partial charge in [-0.05, 0) is 27.2 Å². The smallest absolute Gasteiger partial charge is 0.309 e. The van der Waals surface area contributed by atoms with Crippen molar-refractivity contribution in [1.82, 2.24) is 0 Å². The minimum absolute atomic E-state index is 0.0568. The third kappa shape index (κ3) is 7.65. The van der Waals surface area contributed by atoms with E-state index in [-0.39, 0.29) is 19.3 Å². The molecule has 0 fully saturated rings. The molecule has 0 radical (unpaired) electrons. The highest BCUT2D eigenvalue weighted by Gasteiger charge is 2.26. The molecule has 1 N–H and O–H groups in total. The van der Waals surface area contributed by atoms with Crippen LogP contribution in [0.5, 0.6) is 0 Å². The molecule has 0 unspecified atom stereocenters. The van der Waals surface area contributed by atoms with Crippen LogP contribution in [0.25, 0.3) is 0 Å². The predicted octanol–water partition coefficient (Wildman–Crippen LogP) is 1.37. The number of carbonyl (C=O) groups is 3. The van der Waals surface area contributed by atoms with Crippen LogP contribution >= 0.6 is 0 Å². The zero-order valence-corrected chi connectivity index (χ0v) is 11.2. The first-order valence-corrected chi connectivity index (χ1v) is 5.67. The van der Waals surface area contributed by atoms with Gasteiger partial charge in [-0.2, -0.15) is 0 Å². The summed E-state index contributed by atoms with van der Waals surface area (Å²) in [5.41, 5.74) is -0.634. The van der Waals surface area contributed by atoms with Crippen molar-refractivity contribution in [2.75, 3.05) is 7.11 Å². The van der Waals surface area contributed by atoms with E-state index < -0.39 is 29.4 Å². The second-order valence-corrected chi connectivity index (χ2v) is 4.94. The third-order valence-electron chi connectivity index (χ3n) is 2.07. The largest absolute Gasteiger partial charge is 0.481 e. The second-order valence-electron chi connectivity index (χ2n) is 4.94. The first-order valence-electron chi connectivity index (χ1n) is 5.67. The molecule has 6 heteroatoms. The number of methoxy groups -OCH3 is 1. The predicted molar refractivity (Wildman–Crippen MR) is 62.8 cm³/mol. The van der Waals surface area contributed by atoms with E-state index in [1.54, 1.807) is 20.8 Å². The molecule has 0 bridgehead atoms.